The summed E-state index contributed by atoms with van der Waals surface area (Å²) in [5.74, 6) is 9.02. The molecule has 3 N–H and O–H groups in total. The number of anilines is 1. The number of nitriles is 1. The van der Waals surface area contributed by atoms with E-state index in [9.17, 15) is 15.2 Å². The Morgan fingerprint density at radius 3 is 1.12 bits per heavy atom. The number of carbonyl (C=O) groups is 1. The summed E-state index contributed by atoms with van der Waals surface area (Å²) >= 11 is 1.66. The van der Waals surface area contributed by atoms with Crippen LogP contribution in [0.25, 0.3) is 95.6 Å². The molecule has 0 aliphatic carbocycles. The Morgan fingerprint density at radius 1 is 0.393 bits per heavy atom. The molecular weight excluding hydrogens is 1460 g/mol. The normalized spacial score (nSPS) is 11.8. The summed E-state index contributed by atoms with van der Waals surface area (Å²) in [5.41, 5.74) is 14.4. The van der Waals surface area contributed by atoms with Crippen molar-refractivity contribution in [3.63, 3.8) is 0 Å². The van der Waals surface area contributed by atoms with Gasteiger partial charge in [-0.1, -0.05) is 307 Å². The molecular formula is C104H134N6O6S. The second-order valence-electron chi connectivity index (χ2n) is 32.3. The quantitative estimate of drug-likeness (QED) is 0.0145. The number of aliphatic carboxylic acids is 1. The standard InChI is InChI=1S/C104H134N6O6S/c1-7-11-15-19-23-27-31-35-39-43-73-113-93-49-47-50-94(114-74-44-40-36-32-28-24-20-16-12-8-2)102(93)100-89-65-63-85(106-89)84(62-57-79-55-60-83(61-56-79)110(5)6)86-64-66-90(107-86)101(103-95(115-75-45-41-37-33-29-25-21-17-13-9-3)51-48-52-96(103)116-76-46-42-38-34-30-26-22-18-14-10-4)92-70-68-88(109-92)99(87-67-69-91(100)108-87)98-72-71-97(117-98)81-58-53-80(54-59-81)77-82(78-105)104(111)112/h47-56,58-61,63-72,77,106,109H,7-46,73-76H2,1-6H3,(H,111,112)/b82-77-,85-84?,86-84?,99-87?,99-88?,100-89?,100-91?,101-90?,101-92?. The number of H-pyrrole nitrogens is 2. The van der Waals surface area contributed by atoms with Crippen LogP contribution in [0, 0.1) is 23.2 Å². The number of aromatic nitrogens is 4. The highest BCUT2D eigenvalue weighted by Gasteiger charge is 2.26. The van der Waals surface area contributed by atoms with Crippen LogP contribution in [0.5, 0.6) is 23.0 Å². The largest absolute Gasteiger partial charge is 0.493 e. The highest BCUT2D eigenvalue weighted by atomic mass is 32.1. The third kappa shape index (κ3) is 28.3. The van der Waals surface area contributed by atoms with Gasteiger partial charge in [-0.3, -0.25) is 0 Å². The third-order valence-corrected chi connectivity index (χ3v) is 23.8. The Balaban J connectivity index is 1.16. The molecule has 8 bridgehead atoms. The summed E-state index contributed by atoms with van der Waals surface area (Å²) in [4.78, 5) is 35.7. The van der Waals surface area contributed by atoms with E-state index in [1.165, 1.54) is 212 Å². The Morgan fingerprint density at radius 2 is 0.735 bits per heavy atom. The zero-order valence-electron chi connectivity index (χ0n) is 71.7. The van der Waals surface area contributed by atoms with Gasteiger partial charge in [-0.2, -0.15) is 5.26 Å². The van der Waals surface area contributed by atoms with Crippen LogP contribution >= 0.6 is 11.3 Å². The van der Waals surface area contributed by atoms with Crippen molar-refractivity contribution < 1.29 is 28.8 Å². The molecule has 13 heteroatoms. The summed E-state index contributed by atoms with van der Waals surface area (Å²) in [7, 11) is 4.11. The van der Waals surface area contributed by atoms with Crippen LogP contribution < -0.4 is 23.8 Å². The first-order valence-corrected chi connectivity index (χ1v) is 46.2. The molecule has 117 heavy (non-hydrogen) atoms. The monoisotopic (exact) mass is 1600 g/mol. The van der Waals surface area contributed by atoms with Gasteiger partial charge in [0.05, 0.1) is 71.4 Å². The van der Waals surface area contributed by atoms with Crippen molar-refractivity contribution in [1.82, 2.24) is 19.9 Å². The number of aromatic amines is 2. The topological polar surface area (TPSA) is 159 Å². The van der Waals surface area contributed by atoms with Gasteiger partial charge in [0.2, 0.25) is 0 Å². The lowest BCUT2D eigenvalue weighted by Gasteiger charge is -2.18. The Labute approximate surface area is 705 Å². The molecule has 0 spiro atoms. The minimum atomic E-state index is -1.26. The van der Waals surface area contributed by atoms with Gasteiger partial charge in [0, 0.05) is 68.3 Å². The molecule has 6 heterocycles. The molecule has 0 radical (unpaired) electrons. The first kappa shape index (κ1) is 89.8. The van der Waals surface area contributed by atoms with Crippen LogP contribution in [0.15, 0.2) is 127 Å². The highest BCUT2D eigenvalue weighted by molar-refractivity contribution is 7.19. The van der Waals surface area contributed by atoms with E-state index in [4.69, 9.17) is 28.9 Å². The van der Waals surface area contributed by atoms with Gasteiger partial charge in [-0.05, 0) is 152 Å². The number of fused-ring (bicyclic) bond motifs is 8. The summed E-state index contributed by atoms with van der Waals surface area (Å²) < 4.78 is 28.5. The van der Waals surface area contributed by atoms with Gasteiger partial charge < -0.3 is 38.9 Å². The number of hydrogen-bond acceptors (Lipinski definition) is 10. The predicted molar refractivity (Wildman–Crippen MR) is 496 cm³/mol. The lowest BCUT2D eigenvalue weighted by atomic mass is 10.0. The van der Waals surface area contributed by atoms with Gasteiger partial charge in [0.15, 0.2) is 0 Å². The van der Waals surface area contributed by atoms with E-state index in [0.717, 1.165) is 173 Å². The van der Waals surface area contributed by atoms with Crippen LogP contribution in [0.3, 0.4) is 0 Å². The summed E-state index contributed by atoms with van der Waals surface area (Å²) in [6.07, 6.45) is 59.1. The third-order valence-electron chi connectivity index (χ3n) is 22.7. The van der Waals surface area contributed by atoms with Crippen molar-refractivity contribution in [3.05, 3.63) is 166 Å². The molecule has 2 aliphatic rings. The molecule has 0 atom stereocenters. The van der Waals surface area contributed by atoms with Crippen molar-refractivity contribution in [2.45, 2.75) is 285 Å². The van der Waals surface area contributed by atoms with Crippen LogP contribution in [0.1, 0.15) is 324 Å². The molecule has 0 unspecified atom stereocenters. The maximum absolute atomic E-state index is 11.9. The number of unbranched alkanes of at least 4 members (excludes halogenated alkanes) is 36. The predicted octanol–water partition coefficient (Wildman–Crippen LogP) is 30.0. The van der Waals surface area contributed by atoms with Crippen molar-refractivity contribution in [2.75, 3.05) is 45.4 Å². The zero-order chi connectivity index (χ0) is 81.9. The zero-order valence-corrected chi connectivity index (χ0v) is 72.5. The van der Waals surface area contributed by atoms with Gasteiger partial charge in [0.25, 0.3) is 0 Å². The molecule has 8 aromatic rings. The van der Waals surface area contributed by atoms with Crippen LogP contribution in [-0.4, -0.2) is 71.5 Å². The van der Waals surface area contributed by atoms with Crippen LogP contribution in [-0.2, 0) is 4.79 Å². The fraction of sp³-hybridized carbons (Fsp3) is 0.481. The molecule has 622 valence electrons. The number of carboxylic acid groups (broad SMARTS) is 1. The van der Waals surface area contributed by atoms with Crippen molar-refractivity contribution in [3.8, 4) is 84.0 Å². The van der Waals surface area contributed by atoms with Gasteiger partial charge >= 0.3 is 5.97 Å². The van der Waals surface area contributed by atoms with E-state index in [2.05, 4.69) is 190 Å². The highest BCUT2D eigenvalue weighted by Crippen LogP contribution is 2.48. The summed E-state index contributed by atoms with van der Waals surface area (Å²) in [6, 6.07) is 43.5. The van der Waals surface area contributed by atoms with Gasteiger partial charge in [-0.25, -0.2) is 14.8 Å². The number of hydrogen-bond donors (Lipinski definition) is 3. The number of nitrogens with zero attached hydrogens (tertiary/aromatic N) is 4. The molecule has 10 rings (SSSR count). The molecule has 0 saturated carbocycles. The first-order chi connectivity index (χ1) is 57.6. The number of nitrogens with one attached hydrogen (secondary N) is 2. The van der Waals surface area contributed by atoms with Crippen molar-refractivity contribution >= 4 is 75.4 Å². The molecule has 4 aromatic heterocycles. The van der Waals surface area contributed by atoms with E-state index < -0.39 is 5.97 Å². The minimum Gasteiger partial charge on any atom is -0.493 e. The van der Waals surface area contributed by atoms with E-state index in [1.54, 1.807) is 11.3 Å². The fourth-order valence-corrected chi connectivity index (χ4v) is 16.9. The number of thiophene rings is 1. The van der Waals surface area contributed by atoms with E-state index in [1.807, 2.05) is 30.3 Å². The van der Waals surface area contributed by atoms with Crippen LogP contribution in [0.4, 0.5) is 5.69 Å². The maximum Gasteiger partial charge on any atom is 0.346 e. The first-order valence-electron chi connectivity index (χ1n) is 45.4. The lowest BCUT2D eigenvalue weighted by Crippen LogP contribution is -2.07. The molecule has 12 nitrogen and oxygen atoms in total. The maximum atomic E-state index is 11.9. The van der Waals surface area contributed by atoms with Gasteiger partial charge in [0.1, 0.15) is 34.6 Å². The van der Waals surface area contributed by atoms with Crippen molar-refractivity contribution in [1.29, 1.82) is 5.26 Å². The van der Waals surface area contributed by atoms with Crippen molar-refractivity contribution in [2.24, 2.45) is 0 Å². The smallest absolute Gasteiger partial charge is 0.346 e. The Bertz CT molecular complexity index is 4540. The second-order valence-corrected chi connectivity index (χ2v) is 33.4. The molecule has 0 amide bonds. The number of benzene rings is 4. The lowest BCUT2D eigenvalue weighted by molar-refractivity contribution is -0.132. The van der Waals surface area contributed by atoms with Gasteiger partial charge in [-0.15, -0.1) is 11.3 Å². The average molecular weight is 1600 g/mol. The van der Waals surface area contributed by atoms with E-state index in [-0.39, 0.29) is 5.57 Å². The fourth-order valence-electron chi connectivity index (χ4n) is 15.9. The SMILES string of the molecule is CCCCCCCCCCCCOc1cccc(OCCCCCCCCCCCC)c1-c1c2nc(c(-c3ccc(-c4ccc(/C=C(/C#N)C(=O)O)cc4)s3)c3ccc([nH]3)c(-c3c(OCCCCCCCCCCCC)cccc3OCCCCCCCCCCCC)c3nc(c(C#Cc4ccc(N(C)C)cc4)c4ccc1[nH]4)C=C3)C=C2. The summed E-state index contributed by atoms with van der Waals surface area (Å²) in [5, 5.41) is 19.4. The summed E-state index contributed by atoms with van der Waals surface area (Å²) in [6.45, 7) is 11.4. The van der Waals surface area contributed by atoms with E-state index >= 15 is 0 Å². The number of rotatable bonds is 55. The second kappa shape index (κ2) is 50.9. The number of ether oxygens (including phenoxy) is 4. The Hall–Kier alpha value is -9.56. The number of carboxylic acids is 1. The average Bonchev–Trinajstić information content (AvgIpc) is 1.74. The minimum absolute atomic E-state index is 0.325. The molecule has 2 aliphatic heterocycles. The molecule has 4 aromatic carbocycles. The van der Waals surface area contributed by atoms with Crippen LogP contribution in [0.2, 0.25) is 0 Å². The van der Waals surface area contributed by atoms with E-state index in [0.29, 0.717) is 37.7 Å². The molecule has 0 fully saturated rings. The molecule has 0 saturated heterocycles. The Kier molecular flexibility index (Phi) is 39.1.